The molecule has 0 radical (unpaired) electrons. The molecular weight excluding hydrogens is 263 g/mol. The number of hydrogen-bond donors (Lipinski definition) is 1. The Morgan fingerprint density at radius 1 is 1.24 bits per heavy atom. The third-order valence-corrected chi connectivity index (χ3v) is 3.75. The lowest BCUT2D eigenvalue weighted by Gasteiger charge is -2.21. The number of nitrogens with zero attached hydrogens (tertiary/aromatic N) is 1. The summed E-state index contributed by atoms with van der Waals surface area (Å²) < 4.78 is 14.0. The molecule has 0 heterocycles. The van der Waals surface area contributed by atoms with Gasteiger partial charge in [-0.3, -0.25) is 0 Å². The van der Waals surface area contributed by atoms with Gasteiger partial charge in [-0.15, -0.1) is 0 Å². The summed E-state index contributed by atoms with van der Waals surface area (Å²) in [5, 5.41) is 3.41. The van der Waals surface area contributed by atoms with Gasteiger partial charge in [0.15, 0.2) is 0 Å². The van der Waals surface area contributed by atoms with Gasteiger partial charge >= 0.3 is 0 Å². The quantitative estimate of drug-likeness (QED) is 0.739. The molecule has 0 aliphatic rings. The maximum atomic E-state index is 14.0. The van der Waals surface area contributed by atoms with E-state index in [9.17, 15) is 4.39 Å². The molecule has 0 aromatic heterocycles. The fourth-order valence-corrected chi connectivity index (χ4v) is 2.38. The highest BCUT2D eigenvalue weighted by Gasteiger charge is 2.09. The van der Waals surface area contributed by atoms with Gasteiger partial charge in [-0.1, -0.05) is 46.2 Å². The van der Waals surface area contributed by atoms with Crippen molar-refractivity contribution in [3.05, 3.63) is 35.1 Å². The predicted octanol–water partition coefficient (Wildman–Crippen LogP) is 4.05. The summed E-state index contributed by atoms with van der Waals surface area (Å²) >= 11 is 0. The topological polar surface area (TPSA) is 15.3 Å². The summed E-state index contributed by atoms with van der Waals surface area (Å²) in [4.78, 5) is 2.21. The van der Waals surface area contributed by atoms with E-state index in [1.54, 1.807) is 6.07 Å². The van der Waals surface area contributed by atoms with Crippen molar-refractivity contribution in [3.8, 4) is 0 Å². The molecule has 1 atom stereocenters. The zero-order chi connectivity index (χ0) is 15.8. The van der Waals surface area contributed by atoms with Crippen molar-refractivity contribution in [1.29, 1.82) is 0 Å². The minimum atomic E-state index is -0.0985. The molecule has 1 N–H and O–H groups in total. The van der Waals surface area contributed by atoms with Crippen LogP contribution in [0.15, 0.2) is 18.2 Å². The second-order valence-electron chi connectivity index (χ2n) is 6.66. The summed E-state index contributed by atoms with van der Waals surface area (Å²) in [6.07, 6.45) is 1.16. The normalized spacial score (nSPS) is 13.1. The van der Waals surface area contributed by atoms with Crippen LogP contribution in [0.5, 0.6) is 0 Å². The Morgan fingerprint density at radius 2 is 1.95 bits per heavy atom. The monoisotopic (exact) mass is 294 g/mol. The summed E-state index contributed by atoms with van der Waals surface area (Å²) in [7, 11) is 2.06. The lowest BCUT2D eigenvalue weighted by atomic mass is 10.1. The van der Waals surface area contributed by atoms with Gasteiger partial charge in [0, 0.05) is 25.2 Å². The minimum Gasteiger partial charge on any atom is -0.312 e. The van der Waals surface area contributed by atoms with E-state index in [0.29, 0.717) is 18.4 Å². The first-order valence-electron chi connectivity index (χ1n) is 8.08. The van der Waals surface area contributed by atoms with Crippen molar-refractivity contribution in [1.82, 2.24) is 10.2 Å². The summed E-state index contributed by atoms with van der Waals surface area (Å²) in [6, 6.07) is 5.47. The standard InChI is InChI=1S/C18H31FN2/c1-6-15(4)12-21(5)13-17-9-16(7-8-18(17)19)11-20-10-14(2)3/h7-9,14-15,20H,6,10-13H2,1-5H3. The summed E-state index contributed by atoms with van der Waals surface area (Å²) in [5.41, 5.74) is 1.95. The van der Waals surface area contributed by atoms with Crippen LogP contribution in [0.2, 0.25) is 0 Å². The third kappa shape index (κ3) is 7.05. The Hall–Kier alpha value is -0.930. The number of hydrogen-bond acceptors (Lipinski definition) is 2. The van der Waals surface area contributed by atoms with Crippen molar-refractivity contribution in [3.63, 3.8) is 0 Å². The maximum Gasteiger partial charge on any atom is 0.127 e. The van der Waals surface area contributed by atoms with Crippen LogP contribution >= 0.6 is 0 Å². The molecule has 0 aliphatic carbocycles. The minimum absolute atomic E-state index is 0.0985. The van der Waals surface area contributed by atoms with Gasteiger partial charge in [0.1, 0.15) is 5.82 Å². The zero-order valence-corrected chi connectivity index (χ0v) is 14.2. The second-order valence-corrected chi connectivity index (χ2v) is 6.66. The Kier molecular flexibility index (Phi) is 7.91. The molecule has 2 nitrogen and oxygen atoms in total. The Bertz CT molecular complexity index is 418. The molecule has 1 aromatic carbocycles. The SMILES string of the molecule is CCC(C)CN(C)Cc1cc(CNCC(C)C)ccc1F. The lowest BCUT2D eigenvalue weighted by Crippen LogP contribution is -2.24. The van der Waals surface area contributed by atoms with Crippen LogP contribution in [-0.2, 0) is 13.1 Å². The highest BCUT2D eigenvalue weighted by Crippen LogP contribution is 2.14. The molecule has 0 spiro atoms. The first-order chi connectivity index (χ1) is 9.92. The summed E-state index contributed by atoms with van der Waals surface area (Å²) in [6.45, 7) is 12.3. The lowest BCUT2D eigenvalue weighted by molar-refractivity contribution is 0.271. The van der Waals surface area contributed by atoms with E-state index in [4.69, 9.17) is 0 Å². The van der Waals surface area contributed by atoms with Gasteiger partial charge < -0.3 is 10.2 Å². The average molecular weight is 294 g/mol. The summed E-state index contributed by atoms with van der Waals surface area (Å²) in [5.74, 6) is 1.18. The van der Waals surface area contributed by atoms with Crippen molar-refractivity contribution in [2.24, 2.45) is 11.8 Å². The van der Waals surface area contributed by atoms with E-state index < -0.39 is 0 Å². The van der Waals surface area contributed by atoms with E-state index >= 15 is 0 Å². The molecule has 0 saturated heterocycles. The van der Waals surface area contributed by atoms with Crippen LogP contribution in [0.1, 0.15) is 45.2 Å². The number of benzene rings is 1. The molecule has 0 aliphatic heterocycles. The van der Waals surface area contributed by atoms with E-state index in [2.05, 4.69) is 45.0 Å². The molecule has 0 bridgehead atoms. The molecule has 0 saturated carbocycles. The van der Waals surface area contributed by atoms with Crippen LogP contribution in [-0.4, -0.2) is 25.0 Å². The molecule has 1 unspecified atom stereocenters. The van der Waals surface area contributed by atoms with Crippen molar-refractivity contribution in [2.45, 2.75) is 47.2 Å². The van der Waals surface area contributed by atoms with E-state index in [1.807, 2.05) is 12.1 Å². The average Bonchev–Trinajstić information content (AvgIpc) is 2.41. The first-order valence-corrected chi connectivity index (χ1v) is 8.08. The fourth-order valence-electron chi connectivity index (χ4n) is 2.38. The maximum absolute atomic E-state index is 14.0. The molecule has 0 fully saturated rings. The van der Waals surface area contributed by atoms with E-state index in [1.165, 1.54) is 0 Å². The van der Waals surface area contributed by atoms with Crippen LogP contribution in [0.4, 0.5) is 4.39 Å². The first kappa shape index (κ1) is 18.1. The largest absolute Gasteiger partial charge is 0.312 e. The number of nitrogens with one attached hydrogen (secondary N) is 1. The van der Waals surface area contributed by atoms with E-state index in [-0.39, 0.29) is 5.82 Å². The zero-order valence-electron chi connectivity index (χ0n) is 14.2. The molecule has 120 valence electrons. The van der Waals surface area contributed by atoms with Crippen LogP contribution in [0.3, 0.4) is 0 Å². The molecule has 1 aromatic rings. The molecule has 21 heavy (non-hydrogen) atoms. The highest BCUT2D eigenvalue weighted by atomic mass is 19.1. The molecular formula is C18H31FN2. The molecule has 3 heteroatoms. The van der Waals surface area contributed by atoms with Gasteiger partial charge in [0.05, 0.1) is 0 Å². The van der Waals surface area contributed by atoms with E-state index in [0.717, 1.165) is 37.2 Å². The Morgan fingerprint density at radius 3 is 2.57 bits per heavy atom. The van der Waals surface area contributed by atoms with Gasteiger partial charge in [0.2, 0.25) is 0 Å². The Labute approximate surface area is 129 Å². The van der Waals surface area contributed by atoms with Crippen LogP contribution in [0, 0.1) is 17.7 Å². The van der Waals surface area contributed by atoms with Crippen molar-refractivity contribution in [2.75, 3.05) is 20.1 Å². The van der Waals surface area contributed by atoms with Gasteiger partial charge in [0.25, 0.3) is 0 Å². The molecule has 0 amide bonds. The Balaban J connectivity index is 2.60. The fraction of sp³-hybridized carbons (Fsp3) is 0.667. The van der Waals surface area contributed by atoms with Crippen molar-refractivity contribution < 1.29 is 4.39 Å². The number of halogens is 1. The van der Waals surface area contributed by atoms with Gasteiger partial charge in [-0.25, -0.2) is 4.39 Å². The van der Waals surface area contributed by atoms with Gasteiger partial charge in [-0.05, 0) is 37.1 Å². The predicted molar refractivity (Wildman–Crippen MR) is 88.7 cm³/mol. The number of rotatable bonds is 9. The van der Waals surface area contributed by atoms with Crippen LogP contribution < -0.4 is 5.32 Å². The smallest absolute Gasteiger partial charge is 0.127 e. The van der Waals surface area contributed by atoms with Gasteiger partial charge in [-0.2, -0.15) is 0 Å². The highest BCUT2D eigenvalue weighted by molar-refractivity contribution is 5.25. The van der Waals surface area contributed by atoms with Crippen LogP contribution in [0.25, 0.3) is 0 Å². The second kappa shape index (κ2) is 9.16. The van der Waals surface area contributed by atoms with Crippen molar-refractivity contribution >= 4 is 0 Å². The third-order valence-electron chi connectivity index (χ3n) is 3.75. The molecule has 1 rings (SSSR count).